The summed E-state index contributed by atoms with van der Waals surface area (Å²) in [4.78, 5) is 23.5. The van der Waals surface area contributed by atoms with Gasteiger partial charge in [0.25, 0.3) is 5.91 Å². The highest BCUT2D eigenvalue weighted by Crippen LogP contribution is 2.22. The lowest BCUT2D eigenvalue weighted by Gasteiger charge is -2.11. The number of hydrazone groups is 1. The molecule has 0 heterocycles. The van der Waals surface area contributed by atoms with Gasteiger partial charge in [0.2, 0.25) is 5.91 Å². The molecule has 0 aliphatic carbocycles. The van der Waals surface area contributed by atoms with Crippen molar-refractivity contribution in [2.24, 2.45) is 5.10 Å². The first-order chi connectivity index (χ1) is 10.3. The van der Waals surface area contributed by atoms with Crippen LogP contribution in [0.3, 0.4) is 0 Å². The number of phenolic OH excluding ortho intramolecular Hbond substituents is 2. The predicted octanol–water partition coefficient (Wildman–Crippen LogP) is 1.51. The van der Waals surface area contributed by atoms with Gasteiger partial charge in [-0.25, -0.2) is 5.43 Å². The number of nitrogens with zero attached hydrogens (tertiary/aromatic N) is 1. The van der Waals surface area contributed by atoms with E-state index in [0.29, 0.717) is 5.71 Å². The number of carbonyl (C=O) groups excluding carboxylic acids is 2. The lowest BCUT2D eigenvalue weighted by Crippen LogP contribution is -2.33. The normalized spacial score (nSPS) is 12.6. The van der Waals surface area contributed by atoms with Crippen LogP contribution in [0.15, 0.2) is 23.3 Å². The zero-order valence-corrected chi connectivity index (χ0v) is 12.9. The number of phenols is 2. The second-order valence-electron chi connectivity index (χ2n) is 5.04. The summed E-state index contributed by atoms with van der Waals surface area (Å²) in [6, 6.07) is 3.71. The Morgan fingerprint density at radius 3 is 2.59 bits per heavy atom. The number of amides is 2. The number of rotatable bonds is 6. The van der Waals surface area contributed by atoms with Crippen molar-refractivity contribution >= 4 is 17.5 Å². The Bertz CT molecular complexity index is 584. The molecule has 0 bridgehead atoms. The van der Waals surface area contributed by atoms with Crippen LogP contribution in [-0.2, 0) is 4.79 Å². The molecule has 2 amide bonds. The Morgan fingerprint density at radius 1 is 1.32 bits per heavy atom. The molecule has 22 heavy (non-hydrogen) atoms. The maximum absolute atomic E-state index is 11.8. The molecule has 7 nitrogen and oxygen atoms in total. The molecule has 0 spiro atoms. The zero-order chi connectivity index (χ0) is 16.7. The van der Waals surface area contributed by atoms with Crippen LogP contribution < -0.4 is 10.7 Å². The fourth-order valence-electron chi connectivity index (χ4n) is 1.62. The predicted molar refractivity (Wildman–Crippen MR) is 82.9 cm³/mol. The van der Waals surface area contributed by atoms with Gasteiger partial charge in [-0.3, -0.25) is 9.59 Å². The number of nitrogens with one attached hydrogen (secondary N) is 2. The quantitative estimate of drug-likeness (QED) is 0.471. The summed E-state index contributed by atoms with van der Waals surface area (Å²) in [5, 5.41) is 25.3. The Labute approximate surface area is 129 Å². The summed E-state index contributed by atoms with van der Waals surface area (Å²) in [5.74, 6) is -1.29. The van der Waals surface area contributed by atoms with Crippen molar-refractivity contribution in [1.29, 1.82) is 0 Å². The van der Waals surface area contributed by atoms with Crippen molar-refractivity contribution in [2.75, 3.05) is 0 Å². The Kier molecular flexibility index (Phi) is 6.37. The fourth-order valence-corrected chi connectivity index (χ4v) is 1.62. The molecule has 4 N–H and O–H groups in total. The molecule has 1 unspecified atom stereocenters. The lowest BCUT2D eigenvalue weighted by atomic mass is 10.2. The van der Waals surface area contributed by atoms with Gasteiger partial charge in [0.05, 0.1) is 12.0 Å². The third kappa shape index (κ3) is 5.43. The molecule has 0 saturated carbocycles. The Morgan fingerprint density at radius 2 is 2.00 bits per heavy atom. The van der Waals surface area contributed by atoms with E-state index in [1.165, 1.54) is 12.1 Å². The third-order valence-electron chi connectivity index (χ3n) is 3.01. The maximum Gasteiger partial charge on any atom is 0.275 e. The molecule has 0 aliphatic heterocycles. The van der Waals surface area contributed by atoms with Gasteiger partial charge >= 0.3 is 0 Å². The maximum atomic E-state index is 11.8. The second kappa shape index (κ2) is 8.02. The van der Waals surface area contributed by atoms with Crippen molar-refractivity contribution in [3.63, 3.8) is 0 Å². The van der Waals surface area contributed by atoms with E-state index in [2.05, 4.69) is 15.8 Å². The van der Waals surface area contributed by atoms with E-state index in [4.69, 9.17) is 5.11 Å². The second-order valence-corrected chi connectivity index (χ2v) is 5.04. The summed E-state index contributed by atoms with van der Waals surface area (Å²) < 4.78 is 0. The fraction of sp³-hybridized carbons (Fsp3) is 0.400. The summed E-state index contributed by atoms with van der Waals surface area (Å²) in [6.07, 6.45) is 0.908. The average molecular weight is 307 g/mol. The molecular formula is C15H21N3O4. The van der Waals surface area contributed by atoms with Gasteiger partial charge in [-0.15, -0.1) is 0 Å². The van der Waals surface area contributed by atoms with E-state index in [9.17, 15) is 14.7 Å². The molecule has 120 valence electrons. The molecule has 0 aromatic heterocycles. The smallest absolute Gasteiger partial charge is 0.275 e. The first-order valence-electron chi connectivity index (χ1n) is 6.98. The van der Waals surface area contributed by atoms with Crippen molar-refractivity contribution in [1.82, 2.24) is 10.7 Å². The minimum atomic E-state index is -0.626. The van der Waals surface area contributed by atoms with E-state index < -0.39 is 5.91 Å². The van der Waals surface area contributed by atoms with Gasteiger partial charge < -0.3 is 15.5 Å². The van der Waals surface area contributed by atoms with Crippen molar-refractivity contribution in [3.05, 3.63) is 23.8 Å². The van der Waals surface area contributed by atoms with Crippen LogP contribution in [0.5, 0.6) is 11.5 Å². The molecule has 0 saturated heterocycles. The number of carbonyl (C=O) groups is 2. The van der Waals surface area contributed by atoms with E-state index in [0.717, 1.165) is 12.5 Å². The van der Waals surface area contributed by atoms with Crippen LogP contribution in [-0.4, -0.2) is 33.8 Å². The van der Waals surface area contributed by atoms with Crippen LogP contribution in [0.1, 0.15) is 44.0 Å². The Balaban J connectivity index is 2.59. The molecule has 1 rings (SSSR count). The van der Waals surface area contributed by atoms with E-state index in [1.807, 2.05) is 13.8 Å². The van der Waals surface area contributed by atoms with Crippen LogP contribution in [0, 0.1) is 0 Å². The van der Waals surface area contributed by atoms with E-state index in [-0.39, 0.29) is 35.4 Å². The summed E-state index contributed by atoms with van der Waals surface area (Å²) in [6.45, 7) is 5.49. The standard InChI is InChI=1S/C15H21N3O4/c1-4-9(2)16-14(21)7-10(3)17-18-15(22)12-6-5-11(19)8-13(12)20/h5-6,8-9,19-20H,4,7H2,1-3H3,(H,16,21)(H,18,22)/b17-10+. The van der Waals surface area contributed by atoms with Crippen LogP contribution in [0.2, 0.25) is 0 Å². The van der Waals surface area contributed by atoms with Gasteiger partial charge in [0.1, 0.15) is 11.5 Å². The molecule has 1 atom stereocenters. The molecule has 0 radical (unpaired) electrons. The number of benzene rings is 1. The molecule has 1 aromatic carbocycles. The molecule has 0 aliphatic rings. The lowest BCUT2D eigenvalue weighted by molar-refractivity contribution is -0.120. The van der Waals surface area contributed by atoms with Crippen molar-refractivity contribution in [3.8, 4) is 11.5 Å². The topological polar surface area (TPSA) is 111 Å². The summed E-state index contributed by atoms with van der Waals surface area (Å²) in [7, 11) is 0. The van der Waals surface area contributed by atoms with Gasteiger partial charge in [-0.05, 0) is 32.4 Å². The first kappa shape index (κ1) is 17.5. The average Bonchev–Trinajstić information content (AvgIpc) is 2.44. The summed E-state index contributed by atoms with van der Waals surface area (Å²) in [5.41, 5.74) is 2.68. The monoisotopic (exact) mass is 307 g/mol. The molecule has 0 fully saturated rings. The zero-order valence-electron chi connectivity index (χ0n) is 12.9. The van der Waals surface area contributed by atoms with Crippen molar-refractivity contribution < 1.29 is 19.8 Å². The minimum Gasteiger partial charge on any atom is -0.508 e. The van der Waals surface area contributed by atoms with Gasteiger partial charge in [0, 0.05) is 17.8 Å². The summed E-state index contributed by atoms with van der Waals surface area (Å²) >= 11 is 0. The van der Waals surface area contributed by atoms with E-state index >= 15 is 0 Å². The van der Waals surface area contributed by atoms with Crippen LogP contribution in [0.25, 0.3) is 0 Å². The third-order valence-corrected chi connectivity index (χ3v) is 3.01. The SMILES string of the molecule is CCC(C)NC(=O)C/C(C)=N/NC(=O)c1ccc(O)cc1O. The number of hydrogen-bond donors (Lipinski definition) is 4. The highest BCUT2D eigenvalue weighted by atomic mass is 16.3. The molecule has 7 heteroatoms. The van der Waals surface area contributed by atoms with Crippen LogP contribution >= 0.6 is 0 Å². The highest BCUT2D eigenvalue weighted by Gasteiger charge is 2.12. The van der Waals surface area contributed by atoms with Gasteiger partial charge in [0.15, 0.2) is 0 Å². The first-order valence-corrected chi connectivity index (χ1v) is 6.98. The highest BCUT2D eigenvalue weighted by molar-refractivity contribution is 6.01. The molecule has 1 aromatic rings. The minimum absolute atomic E-state index is 0.0154. The van der Waals surface area contributed by atoms with E-state index in [1.54, 1.807) is 6.92 Å². The number of hydrogen-bond acceptors (Lipinski definition) is 5. The largest absolute Gasteiger partial charge is 0.508 e. The Hall–Kier alpha value is -2.57. The molecular weight excluding hydrogens is 286 g/mol. The van der Waals surface area contributed by atoms with Gasteiger partial charge in [-0.1, -0.05) is 6.92 Å². The van der Waals surface area contributed by atoms with Gasteiger partial charge in [-0.2, -0.15) is 5.10 Å². The van der Waals surface area contributed by atoms with Crippen LogP contribution in [0.4, 0.5) is 0 Å². The number of aromatic hydroxyl groups is 2. The van der Waals surface area contributed by atoms with Crippen molar-refractivity contribution in [2.45, 2.75) is 39.7 Å².